The van der Waals surface area contributed by atoms with Gasteiger partial charge in [-0.2, -0.15) is 26.3 Å². The quantitative estimate of drug-likeness (QED) is 0.483. The standard InChI is InChI=1S/C22H23F6NO.ClH/c1-15(16-11-18(21(23,24)25)13-19(12-16)22(26,27)28)30-14-20(9-5-6-10-29-20)17-7-3-2-4-8-17;/h2-4,7-8,11-13,15,29H,5-6,9-10,14H2,1H3;1H/t15-,20-;/m1./s1. The Hall–Kier alpha value is -1.77. The number of piperidine rings is 1. The largest absolute Gasteiger partial charge is 0.416 e. The summed E-state index contributed by atoms with van der Waals surface area (Å²) in [5.74, 6) is 0. The highest BCUT2D eigenvalue weighted by atomic mass is 35.5. The number of hydrogen-bond acceptors (Lipinski definition) is 2. The fraction of sp³-hybridized carbons (Fsp3) is 0.455. The Morgan fingerprint density at radius 1 is 0.935 bits per heavy atom. The molecule has 2 nitrogen and oxygen atoms in total. The molecule has 0 bridgehead atoms. The Balaban J connectivity index is 0.00000341. The van der Waals surface area contributed by atoms with Gasteiger partial charge in [-0.15, -0.1) is 12.4 Å². The van der Waals surface area contributed by atoms with Crippen LogP contribution in [0.4, 0.5) is 26.3 Å². The van der Waals surface area contributed by atoms with Gasteiger partial charge in [-0.25, -0.2) is 0 Å². The van der Waals surface area contributed by atoms with Crippen LogP contribution in [0.3, 0.4) is 0 Å². The second kappa shape index (κ2) is 9.79. The number of benzene rings is 2. The molecular formula is C22H24ClF6NO. The number of nitrogens with one attached hydrogen (secondary N) is 1. The van der Waals surface area contributed by atoms with E-state index in [9.17, 15) is 26.3 Å². The molecule has 3 rings (SSSR count). The van der Waals surface area contributed by atoms with E-state index in [1.165, 1.54) is 6.92 Å². The van der Waals surface area contributed by atoms with E-state index in [1.54, 1.807) is 0 Å². The molecule has 1 N–H and O–H groups in total. The first-order chi connectivity index (χ1) is 14.0. The molecule has 0 amide bonds. The first kappa shape index (κ1) is 25.5. The van der Waals surface area contributed by atoms with Crippen LogP contribution in [0.2, 0.25) is 0 Å². The maximum absolute atomic E-state index is 13.1. The van der Waals surface area contributed by atoms with Crippen LogP contribution in [0, 0.1) is 0 Å². The van der Waals surface area contributed by atoms with Crippen LogP contribution in [-0.4, -0.2) is 13.2 Å². The van der Waals surface area contributed by atoms with Gasteiger partial charge < -0.3 is 10.1 Å². The van der Waals surface area contributed by atoms with E-state index in [0.29, 0.717) is 0 Å². The molecule has 0 spiro atoms. The molecule has 0 aromatic heterocycles. The minimum atomic E-state index is -4.88. The van der Waals surface area contributed by atoms with Crippen LogP contribution in [0.25, 0.3) is 0 Å². The van der Waals surface area contributed by atoms with Gasteiger partial charge in [-0.05, 0) is 62.1 Å². The second-order valence-electron chi connectivity index (χ2n) is 7.62. The monoisotopic (exact) mass is 467 g/mol. The minimum absolute atomic E-state index is 0. The van der Waals surface area contributed by atoms with Crippen molar-refractivity contribution in [1.82, 2.24) is 5.32 Å². The summed E-state index contributed by atoms with van der Waals surface area (Å²) in [6, 6.07) is 11.1. The Morgan fingerprint density at radius 2 is 1.52 bits per heavy atom. The average Bonchev–Trinajstić information content (AvgIpc) is 2.72. The van der Waals surface area contributed by atoms with Crippen molar-refractivity contribution in [3.05, 3.63) is 70.8 Å². The van der Waals surface area contributed by atoms with Crippen molar-refractivity contribution in [3.63, 3.8) is 0 Å². The van der Waals surface area contributed by atoms with E-state index in [-0.39, 0.29) is 30.6 Å². The fourth-order valence-corrected chi connectivity index (χ4v) is 3.76. The normalized spacial score (nSPS) is 20.7. The Morgan fingerprint density at radius 3 is 2.00 bits per heavy atom. The molecule has 9 heteroatoms. The predicted molar refractivity (Wildman–Crippen MR) is 108 cm³/mol. The summed E-state index contributed by atoms with van der Waals surface area (Å²) in [6.45, 7) is 2.36. The van der Waals surface area contributed by atoms with Crippen LogP contribution < -0.4 is 5.32 Å². The van der Waals surface area contributed by atoms with E-state index < -0.39 is 35.1 Å². The highest BCUT2D eigenvalue weighted by molar-refractivity contribution is 5.85. The van der Waals surface area contributed by atoms with Crippen molar-refractivity contribution in [3.8, 4) is 0 Å². The third-order valence-corrected chi connectivity index (χ3v) is 5.48. The highest BCUT2D eigenvalue weighted by Crippen LogP contribution is 2.39. The van der Waals surface area contributed by atoms with Crippen molar-refractivity contribution in [2.75, 3.05) is 13.2 Å². The summed E-state index contributed by atoms with van der Waals surface area (Å²) in [7, 11) is 0. The van der Waals surface area contributed by atoms with Gasteiger partial charge in [-0.1, -0.05) is 30.3 Å². The summed E-state index contributed by atoms with van der Waals surface area (Å²) >= 11 is 0. The zero-order valence-electron chi connectivity index (χ0n) is 16.8. The van der Waals surface area contributed by atoms with E-state index >= 15 is 0 Å². The molecule has 31 heavy (non-hydrogen) atoms. The zero-order chi connectivity index (χ0) is 22.0. The third kappa shape index (κ3) is 6.14. The maximum atomic E-state index is 13.1. The van der Waals surface area contributed by atoms with Crippen LogP contribution in [0.15, 0.2) is 48.5 Å². The lowest BCUT2D eigenvalue weighted by molar-refractivity contribution is -0.143. The Kier molecular flexibility index (Phi) is 8.05. The van der Waals surface area contributed by atoms with E-state index in [0.717, 1.165) is 43.5 Å². The molecule has 0 aliphatic carbocycles. The maximum Gasteiger partial charge on any atom is 0.416 e. The summed E-state index contributed by atoms with van der Waals surface area (Å²) < 4.78 is 84.7. The lowest BCUT2D eigenvalue weighted by Gasteiger charge is -2.39. The molecule has 0 radical (unpaired) electrons. The van der Waals surface area contributed by atoms with E-state index in [1.807, 2.05) is 30.3 Å². The molecule has 1 heterocycles. The first-order valence-electron chi connectivity index (χ1n) is 9.73. The Labute approximate surface area is 183 Å². The molecule has 172 valence electrons. The van der Waals surface area contributed by atoms with Gasteiger partial charge in [0.2, 0.25) is 0 Å². The number of halogens is 7. The van der Waals surface area contributed by atoms with Crippen molar-refractivity contribution in [2.24, 2.45) is 0 Å². The van der Waals surface area contributed by atoms with Gasteiger partial charge in [0, 0.05) is 0 Å². The average molecular weight is 468 g/mol. The van der Waals surface area contributed by atoms with Crippen LogP contribution in [0.5, 0.6) is 0 Å². The SMILES string of the molecule is C[C@@H](OC[C@@]1(c2ccccc2)CCCCN1)c1cc(C(F)(F)F)cc(C(F)(F)F)c1.Cl. The number of alkyl halides is 6. The Bertz CT molecular complexity index is 815. The van der Waals surface area contributed by atoms with E-state index in [4.69, 9.17) is 4.74 Å². The van der Waals surface area contributed by atoms with Gasteiger partial charge in [0.15, 0.2) is 0 Å². The van der Waals surface area contributed by atoms with Gasteiger partial charge in [0.05, 0.1) is 29.4 Å². The van der Waals surface area contributed by atoms with Gasteiger partial charge in [0.1, 0.15) is 0 Å². The summed E-state index contributed by atoms with van der Waals surface area (Å²) in [4.78, 5) is 0. The zero-order valence-corrected chi connectivity index (χ0v) is 17.6. The third-order valence-electron chi connectivity index (χ3n) is 5.48. The molecular weight excluding hydrogens is 444 g/mol. The molecule has 2 aromatic rings. The predicted octanol–water partition coefficient (Wildman–Crippen LogP) is 6.89. The second-order valence-corrected chi connectivity index (χ2v) is 7.62. The number of hydrogen-bond donors (Lipinski definition) is 1. The van der Waals surface area contributed by atoms with Crippen LogP contribution >= 0.6 is 12.4 Å². The smallest absolute Gasteiger partial charge is 0.372 e. The van der Waals surface area contributed by atoms with Gasteiger partial charge >= 0.3 is 12.4 Å². The van der Waals surface area contributed by atoms with Crippen molar-refractivity contribution in [2.45, 2.75) is 50.2 Å². The molecule has 0 unspecified atom stereocenters. The molecule has 1 aliphatic rings. The van der Waals surface area contributed by atoms with Crippen LogP contribution in [-0.2, 0) is 22.6 Å². The molecule has 1 aliphatic heterocycles. The fourth-order valence-electron chi connectivity index (χ4n) is 3.76. The molecule has 1 saturated heterocycles. The molecule has 2 aromatic carbocycles. The lowest BCUT2D eigenvalue weighted by atomic mass is 9.83. The number of rotatable bonds is 5. The molecule has 0 saturated carbocycles. The van der Waals surface area contributed by atoms with Crippen LogP contribution in [0.1, 0.15) is 54.5 Å². The highest BCUT2D eigenvalue weighted by Gasteiger charge is 2.38. The topological polar surface area (TPSA) is 21.3 Å². The molecule has 2 atom stereocenters. The van der Waals surface area contributed by atoms with Gasteiger partial charge in [0.25, 0.3) is 0 Å². The minimum Gasteiger partial charge on any atom is -0.372 e. The van der Waals surface area contributed by atoms with Crippen molar-refractivity contribution < 1.29 is 31.1 Å². The lowest BCUT2D eigenvalue weighted by Crippen LogP contribution is -2.49. The van der Waals surface area contributed by atoms with Crippen molar-refractivity contribution in [1.29, 1.82) is 0 Å². The summed E-state index contributed by atoms with van der Waals surface area (Å²) in [6.07, 6.45) is -8.01. The first-order valence-corrected chi connectivity index (χ1v) is 9.73. The summed E-state index contributed by atoms with van der Waals surface area (Å²) in [5, 5.41) is 3.44. The van der Waals surface area contributed by atoms with E-state index in [2.05, 4.69) is 5.32 Å². The van der Waals surface area contributed by atoms with Crippen molar-refractivity contribution >= 4 is 12.4 Å². The van der Waals surface area contributed by atoms with Gasteiger partial charge in [-0.3, -0.25) is 0 Å². The summed E-state index contributed by atoms with van der Waals surface area (Å²) in [5.41, 5.74) is -2.37. The molecule has 1 fully saturated rings. The number of ether oxygens (including phenoxy) is 1.